The van der Waals surface area contributed by atoms with Gasteiger partial charge >= 0.3 is 5.97 Å². The topological polar surface area (TPSA) is 57.5 Å². The number of aliphatic hydroxyl groups is 1. The van der Waals surface area contributed by atoms with Crippen LogP contribution in [0.15, 0.2) is 0 Å². The molecule has 0 aromatic heterocycles. The lowest BCUT2D eigenvalue weighted by Gasteiger charge is -2.31. The van der Waals surface area contributed by atoms with Crippen LogP contribution < -0.4 is 0 Å². The predicted molar refractivity (Wildman–Crippen MR) is 51.2 cm³/mol. The second kappa shape index (κ2) is 5.22. The second-order valence-electron chi connectivity index (χ2n) is 3.59. The maximum atomic E-state index is 10.5. The van der Waals surface area contributed by atoms with Gasteiger partial charge in [-0.25, -0.2) is 0 Å². The van der Waals surface area contributed by atoms with E-state index in [2.05, 4.69) is 6.92 Å². The quantitative estimate of drug-likeness (QED) is 0.667. The third-order valence-corrected chi connectivity index (χ3v) is 2.48. The summed E-state index contributed by atoms with van der Waals surface area (Å²) in [5.74, 6) is -0.896. The summed E-state index contributed by atoms with van der Waals surface area (Å²) < 4.78 is 0. The van der Waals surface area contributed by atoms with Crippen LogP contribution in [-0.4, -0.2) is 22.3 Å². The fourth-order valence-corrected chi connectivity index (χ4v) is 1.36. The summed E-state index contributed by atoms with van der Waals surface area (Å²) in [4.78, 5) is 10.5. The van der Waals surface area contributed by atoms with Crippen LogP contribution >= 0.6 is 0 Å². The molecule has 1 radical (unpaired) electrons. The van der Waals surface area contributed by atoms with Crippen molar-refractivity contribution < 1.29 is 15.0 Å². The van der Waals surface area contributed by atoms with Crippen molar-refractivity contribution in [1.29, 1.82) is 0 Å². The Kier molecular flexibility index (Phi) is 4.99. The third kappa shape index (κ3) is 3.77. The van der Waals surface area contributed by atoms with Crippen LogP contribution in [0.4, 0.5) is 0 Å². The zero-order chi connectivity index (χ0) is 10.5. The van der Waals surface area contributed by atoms with Gasteiger partial charge < -0.3 is 10.2 Å². The Labute approximate surface area is 79.8 Å². The van der Waals surface area contributed by atoms with Gasteiger partial charge in [0, 0.05) is 5.41 Å². The third-order valence-electron chi connectivity index (χ3n) is 2.48. The van der Waals surface area contributed by atoms with E-state index in [1.54, 1.807) is 0 Å². The molecule has 0 fully saturated rings. The molecule has 3 nitrogen and oxygen atoms in total. The van der Waals surface area contributed by atoms with E-state index in [-0.39, 0.29) is 6.42 Å². The van der Waals surface area contributed by atoms with Crippen molar-refractivity contribution in [2.24, 2.45) is 5.41 Å². The number of aliphatic hydroxyl groups excluding tert-OH is 1. The van der Waals surface area contributed by atoms with Gasteiger partial charge in [-0.1, -0.05) is 20.3 Å². The van der Waals surface area contributed by atoms with Gasteiger partial charge in [-0.05, 0) is 19.8 Å². The van der Waals surface area contributed by atoms with E-state index in [1.165, 1.54) is 0 Å². The van der Waals surface area contributed by atoms with Gasteiger partial charge in [0.2, 0.25) is 0 Å². The summed E-state index contributed by atoms with van der Waals surface area (Å²) in [5.41, 5.74) is -0.720. The van der Waals surface area contributed by atoms with Gasteiger partial charge in [0.1, 0.15) is 0 Å². The number of hydrogen-bond donors (Lipinski definition) is 2. The monoisotopic (exact) mass is 187 g/mol. The highest BCUT2D eigenvalue weighted by molar-refractivity contribution is 5.68. The summed E-state index contributed by atoms with van der Waals surface area (Å²) in [6.45, 7) is 7.63. The van der Waals surface area contributed by atoms with Crippen molar-refractivity contribution in [3.63, 3.8) is 0 Å². The Morgan fingerprint density at radius 2 is 2.08 bits per heavy atom. The average Bonchev–Trinajstić information content (AvgIpc) is 2.03. The molecule has 0 spiro atoms. The SMILES string of the molecule is [CH2]C(CC)(CC(=O)O)C(O)CCC. The molecular formula is C10H19O3. The van der Waals surface area contributed by atoms with Crippen LogP contribution in [-0.2, 0) is 4.79 Å². The molecule has 77 valence electrons. The van der Waals surface area contributed by atoms with Crippen molar-refractivity contribution >= 4 is 5.97 Å². The first kappa shape index (κ1) is 12.4. The van der Waals surface area contributed by atoms with E-state index in [1.807, 2.05) is 13.8 Å². The highest BCUT2D eigenvalue weighted by Crippen LogP contribution is 2.31. The molecule has 0 saturated carbocycles. The first-order valence-electron chi connectivity index (χ1n) is 4.71. The molecule has 2 N–H and O–H groups in total. The highest BCUT2D eigenvalue weighted by Gasteiger charge is 2.32. The number of carboxylic acids is 1. The minimum atomic E-state index is -0.896. The van der Waals surface area contributed by atoms with Crippen molar-refractivity contribution in [1.82, 2.24) is 0 Å². The van der Waals surface area contributed by atoms with Crippen molar-refractivity contribution in [2.75, 3.05) is 0 Å². The Morgan fingerprint density at radius 3 is 2.38 bits per heavy atom. The zero-order valence-corrected chi connectivity index (χ0v) is 8.42. The number of rotatable bonds is 6. The molecule has 3 heteroatoms. The van der Waals surface area contributed by atoms with Crippen molar-refractivity contribution in [3.8, 4) is 0 Å². The predicted octanol–water partition coefficient (Wildman–Crippen LogP) is 1.85. The van der Waals surface area contributed by atoms with Gasteiger partial charge in [-0.3, -0.25) is 4.79 Å². The Morgan fingerprint density at radius 1 is 1.54 bits per heavy atom. The van der Waals surface area contributed by atoms with Crippen molar-refractivity contribution in [2.45, 2.75) is 45.6 Å². The van der Waals surface area contributed by atoms with Crippen molar-refractivity contribution in [3.05, 3.63) is 6.92 Å². The summed E-state index contributed by atoms with van der Waals surface area (Å²) in [6, 6.07) is 0. The molecule has 2 atom stereocenters. The van der Waals surface area contributed by atoms with Crippen LogP contribution in [0.2, 0.25) is 0 Å². The van der Waals surface area contributed by atoms with E-state index in [4.69, 9.17) is 5.11 Å². The molecule has 0 aliphatic heterocycles. The maximum absolute atomic E-state index is 10.5. The van der Waals surface area contributed by atoms with E-state index in [0.29, 0.717) is 12.8 Å². The molecule has 0 aliphatic carbocycles. The van der Waals surface area contributed by atoms with Crippen LogP contribution in [0.25, 0.3) is 0 Å². The fourth-order valence-electron chi connectivity index (χ4n) is 1.36. The lowest BCUT2D eigenvalue weighted by molar-refractivity contribution is -0.141. The van der Waals surface area contributed by atoms with Gasteiger partial charge in [0.15, 0.2) is 0 Å². The molecule has 0 rings (SSSR count). The standard InChI is InChI=1S/C10H19O3/c1-4-6-8(11)10(3,5-2)7-9(12)13/h8,11H,3-7H2,1-2H3,(H,12,13). The average molecular weight is 187 g/mol. The first-order chi connectivity index (χ1) is 5.96. The first-order valence-corrected chi connectivity index (χ1v) is 4.71. The molecule has 0 amide bonds. The molecular weight excluding hydrogens is 168 g/mol. The van der Waals surface area contributed by atoms with E-state index in [9.17, 15) is 9.90 Å². The van der Waals surface area contributed by atoms with Gasteiger partial charge in [-0.15, -0.1) is 0 Å². The Balaban J connectivity index is 4.32. The molecule has 0 aliphatic rings. The number of hydrogen-bond acceptors (Lipinski definition) is 2. The number of aliphatic carboxylic acids is 1. The van der Waals surface area contributed by atoms with Crippen LogP contribution in [0.3, 0.4) is 0 Å². The summed E-state index contributed by atoms with van der Waals surface area (Å²) >= 11 is 0. The molecule has 13 heavy (non-hydrogen) atoms. The van der Waals surface area contributed by atoms with Crippen LogP contribution in [0.1, 0.15) is 39.5 Å². The smallest absolute Gasteiger partial charge is 0.304 e. The van der Waals surface area contributed by atoms with Gasteiger partial charge in [0.25, 0.3) is 0 Å². The van der Waals surface area contributed by atoms with E-state index >= 15 is 0 Å². The fraction of sp³-hybridized carbons (Fsp3) is 0.800. The zero-order valence-electron chi connectivity index (χ0n) is 8.42. The number of carboxylic acid groups (broad SMARTS) is 1. The molecule has 0 heterocycles. The lowest BCUT2D eigenvalue weighted by Crippen LogP contribution is -2.34. The van der Waals surface area contributed by atoms with Gasteiger partial charge in [0.05, 0.1) is 12.5 Å². The largest absolute Gasteiger partial charge is 0.481 e. The van der Waals surface area contributed by atoms with E-state index in [0.717, 1.165) is 6.42 Å². The van der Waals surface area contributed by atoms with Gasteiger partial charge in [-0.2, -0.15) is 0 Å². The molecule has 0 bridgehead atoms. The normalized spacial score (nSPS) is 17.8. The van der Waals surface area contributed by atoms with E-state index < -0.39 is 17.5 Å². The highest BCUT2D eigenvalue weighted by atomic mass is 16.4. The number of carbonyl (C=O) groups is 1. The van der Waals surface area contributed by atoms with Crippen LogP contribution in [0, 0.1) is 12.3 Å². The summed E-state index contributed by atoms with van der Waals surface area (Å²) in [7, 11) is 0. The summed E-state index contributed by atoms with van der Waals surface area (Å²) in [5, 5.41) is 18.3. The Hall–Kier alpha value is -0.570. The maximum Gasteiger partial charge on any atom is 0.304 e. The molecule has 0 saturated heterocycles. The second-order valence-corrected chi connectivity index (χ2v) is 3.59. The molecule has 0 aromatic carbocycles. The minimum Gasteiger partial charge on any atom is -0.481 e. The minimum absolute atomic E-state index is 0.0648. The Bertz CT molecular complexity index is 168. The van der Waals surface area contributed by atoms with Crippen LogP contribution in [0.5, 0.6) is 0 Å². The molecule has 0 aromatic rings. The lowest BCUT2D eigenvalue weighted by atomic mass is 9.77. The molecule has 2 unspecified atom stereocenters. The summed E-state index contributed by atoms with van der Waals surface area (Å²) in [6.07, 6.45) is 1.37.